The van der Waals surface area contributed by atoms with Crippen molar-refractivity contribution in [2.24, 2.45) is 11.5 Å². The quantitative estimate of drug-likeness (QED) is 0.536. The molecule has 1 aromatic carbocycles. The highest BCUT2D eigenvalue weighted by atomic mass is 16.2. The maximum atomic E-state index is 12.7. The number of nitrogens with two attached hydrogens (primary N) is 2. The Labute approximate surface area is 239 Å². The second-order valence-electron chi connectivity index (χ2n) is 12.0. The molecule has 2 heterocycles. The van der Waals surface area contributed by atoms with Crippen LogP contribution in [0.2, 0.25) is 0 Å². The highest BCUT2D eigenvalue weighted by Gasteiger charge is 2.54. The Morgan fingerprint density at radius 2 is 1.02 bits per heavy atom. The topological polar surface area (TPSA) is 161 Å². The molecule has 1 aromatic rings. The Hall–Kier alpha value is -3.82. The minimum absolute atomic E-state index is 0.259. The lowest BCUT2D eigenvalue weighted by atomic mass is 9.79. The molecule has 4 N–H and O–H groups in total. The number of nitrogens with zero attached hydrogens (tertiary/aromatic N) is 2. The molecule has 2 fully saturated rings. The number of hydrogen-bond acceptors (Lipinski definition) is 6. The molecule has 0 bridgehead atoms. The minimum Gasteiger partial charge on any atom is -0.368 e. The van der Waals surface area contributed by atoms with E-state index in [1.54, 1.807) is 18.2 Å². The van der Waals surface area contributed by atoms with Gasteiger partial charge in [0.15, 0.2) is 0 Å². The van der Waals surface area contributed by atoms with Crippen LogP contribution in [-0.2, 0) is 19.2 Å². The van der Waals surface area contributed by atoms with E-state index >= 15 is 0 Å². The second-order valence-corrected chi connectivity index (χ2v) is 12.0. The zero-order chi connectivity index (χ0) is 29.5. The number of aryl methyl sites for hydroxylation is 1. The first-order valence-electron chi connectivity index (χ1n) is 14.8. The summed E-state index contributed by atoms with van der Waals surface area (Å²) in [4.78, 5) is 76.9. The number of imide groups is 2. The summed E-state index contributed by atoms with van der Waals surface area (Å²) < 4.78 is 0. The van der Waals surface area contributed by atoms with Gasteiger partial charge in [0.25, 0.3) is 23.6 Å². The minimum atomic E-state index is -1.15. The van der Waals surface area contributed by atoms with E-state index in [0.29, 0.717) is 60.8 Å². The summed E-state index contributed by atoms with van der Waals surface area (Å²) >= 11 is 0. The summed E-state index contributed by atoms with van der Waals surface area (Å²) in [5.41, 5.74) is 11.9. The van der Waals surface area contributed by atoms with E-state index in [-0.39, 0.29) is 17.7 Å². The smallest absolute Gasteiger partial charge is 0.262 e. The number of hydrogen-bond donors (Lipinski definition) is 2. The molecule has 218 valence electrons. The fourth-order valence-corrected chi connectivity index (χ4v) is 7.31. The number of amides is 6. The van der Waals surface area contributed by atoms with Crippen molar-refractivity contribution in [3.8, 4) is 0 Å². The molecule has 6 rings (SSSR count). The van der Waals surface area contributed by atoms with Crippen LogP contribution in [0.3, 0.4) is 0 Å². The monoisotopic (exact) mass is 562 g/mol. The van der Waals surface area contributed by atoms with Gasteiger partial charge in [-0.2, -0.15) is 0 Å². The van der Waals surface area contributed by atoms with Crippen molar-refractivity contribution in [1.29, 1.82) is 0 Å². The Morgan fingerprint density at radius 1 is 0.610 bits per heavy atom. The van der Waals surface area contributed by atoms with E-state index in [1.165, 1.54) is 4.90 Å². The fourth-order valence-electron chi connectivity index (χ4n) is 7.31. The summed E-state index contributed by atoms with van der Waals surface area (Å²) in [6.07, 6.45) is 10.5. The molecule has 2 saturated carbocycles. The van der Waals surface area contributed by atoms with Gasteiger partial charge in [-0.1, -0.05) is 50.2 Å². The van der Waals surface area contributed by atoms with Crippen molar-refractivity contribution in [2.75, 3.05) is 0 Å². The number of primary amides is 2. The van der Waals surface area contributed by atoms with E-state index in [1.807, 2.05) is 6.92 Å². The molecule has 6 amide bonds. The first-order chi connectivity index (χ1) is 19.5. The fraction of sp³-hybridized carbons (Fsp3) is 0.548. The van der Waals surface area contributed by atoms with Crippen LogP contribution in [-0.4, -0.2) is 56.3 Å². The largest absolute Gasteiger partial charge is 0.368 e. The summed E-state index contributed by atoms with van der Waals surface area (Å²) in [6, 6.07) is 5.15. The Balaban J connectivity index is 0.000000165. The predicted octanol–water partition coefficient (Wildman–Crippen LogP) is 3.19. The number of carbonyl (C=O) groups is 6. The standard InChI is InChI=1S/C16H18N2O3.C15H20N2O3/c1-10-5-6-11-12(9-10)14(20)18(13(11)19)16(15(17)21)7-3-2-4-8-16;16-14(20)15(8-4-1-5-9-15)17-12(18)10-6-2-3-7-11(10)13(17)19/h5-6,9H,2-4,7-8H2,1H3,(H2,17,21);1-9H2,(H2,16,20). The van der Waals surface area contributed by atoms with Crippen LogP contribution in [0, 0.1) is 6.92 Å². The second kappa shape index (κ2) is 10.9. The van der Waals surface area contributed by atoms with Gasteiger partial charge >= 0.3 is 0 Å². The SMILES string of the molecule is Cc1ccc2c(c1)C(=O)N(C1(C(N)=O)CCCCC1)C2=O.NC(=O)C1(N2C(=O)C3=C(CCCC3)C2=O)CCCCC1. The van der Waals surface area contributed by atoms with Crippen LogP contribution < -0.4 is 11.5 Å². The number of fused-ring (bicyclic) bond motifs is 1. The van der Waals surface area contributed by atoms with Crippen molar-refractivity contribution in [1.82, 2.24) is 9.80 Å². The molecule has 0 spiro atoms. The summed E-state index contributed by atoms with van der Waals surface area (Å²) in [5, 5.41) is 0. The molecule has 0 atom stereocenters. The van der Waals surface area contributed by atoms with Crippen molar-refractivity contribution in [3.63, 3.8) is 0 Å². The van der Waals surface area contributed by atoms with Crippen LogP contribution >= 0.6 is 0 Å². The first kappa shape index (κ1) is 28.7. The Bertz CT molecular complexity index is 1340. The summed E-state index contributed by atoms with van der Waals surface area (Å²) in [6.45, 7) is 1.87. The molecule has 5 aliphatic rings. The van der Waals surface area contributed by atoms with Gasteiger partial charge < -0.3 is 11.5 Å². The number of carbonyl (C=O) groups excluding carboxylic acids is 6. The van der Waals surface area contributed by atoms with Gasteiger partial charge in [0.2, 0.25) is 11.8 Å². The molecule has 0 saturated heterocycles. The van der Waals surface area contributed by atoms with Crippen molar-refractivity contribution in [3.05, 3.63) is 46.0 Å². The van der Waals surface area contributed by atoms with Crippen LogP contribution in [0.4, 0.5) is 0 Å². The van der Waals surface area contributed by atoms with Crippen LogP contribution in [0.1, 0.15) is 116 Å². The third kappa shape index (κ3) is 4.57. The molecule has 0 radical (unpaired) electrons. The zero-order valence-corrected chi connectivity index (χ0v) is 23.6. The molecule has 0 unspecified atom stereocenters. The highest BCUT2D eigenvalue weighted by Crippen LogP contribution is 2.42. The van der Waals surface area contributed by atoms with Gasteiger partial charge in [0.05, 0.1) is 11.1 Å². The molecule has 3 aliphatic carbocycles. The lowest BCUT2D eigenvalue weighted by molar-refractivity contribution is -0.154. The number of benzene rings is 1. The van der Waals surface area contributed by atoms with Gasteiger partial charge in [-0.15, -0.1) is 0 Å². The average Bonchev–Trinajstić information content (AvgIpc) is 3.38. The third-order valence-electron chi connectivity index (χ3n) is 9.57. The van der Waals surface area contributed by atoms with Crippen LogP contribution in [0.25, 0.3) is 0 Å². The molecule has 10 heteroatoms. The van der Waals surface area contributed by atoms with Crippen LogP contribution in [0.5, 0.6) is 0 Å². The lowest BCUT2D eigenvalue weighted by Crippen LogP contribution is -2.61. The average molecular weight is 563 g/mol. The van der Waals surface area contributed by atoms with E-state index in [9.17, 15) is 28.8 Å². The Morgan fingerprint density at radius 3 is 1.46 bits per heavy atom. The first-order valence-corrected chi connectivity index (χ1v) is 14.8. The van der Waals surface area contributed by atoms with Crippen LogP contribution in [0.15, 0.2) is 29.3 Å². The van der Waals surface area contributed by atoms with Crippen molar-refractivity contribution >= 4 is 35.4 Å². The lowest BCUT2D eigenvalue weighted by Gasteiger charge is -2.40. The van der Waals surface area contributed by atoms with Gasteiger partial charge in [-0.25, -0.2) is 0 Å². The van der Waals surface area contributed by atoms with Gasteiger partial charge in [0, 0.05) is 11.1 Å². The van der Waals surface area contributed by atoms with E-state index in [0.717, 1.165) is 61.8 Å². The molecular formula is C31H38N4O6. The van der Waals surface area contributed by atoms with Crippen molar-refractivity contribution in [2.45, 2.75) is 108 Å². The Kier molecular flexibility index (Phi) is 7.61. The molecule has 10 nitrogen and oxygen atoms in total. The van der Waals surface area contributed by atoms with E-state index in [4.69, 9.17) is 11.5 Å². The maximum Gasteiger partial charge on any atom is 0.262 e. The third-order valence-corrected chi connectivity index (χ3v) is 9.57. The zero-order valence-electron chi connectivity index (χ0n) is 23.6. The normalized spacial score (nSPS) is 23.1. The van der Waals surface area contributed by atoms with Gasteiger partial charge in [-0.3, -0.25) is 38.6 Å². The molecular weight excluding hydrogens is 524 g/mol. The maximum absolute atomic E-state index is 12.7. The van der Waals surface area contributed by atoms with E-state index < -0.39 is 28.8 Å². The predicted molar refractivity (Wildman–Crippen MR) is 149 cm³/mol. The van der Waals surface area contributed by atoms with Gasteiger partial charge in [0.1, 0.15) is 11.1 Å². The summed E-state index contributed by atoms with van der Waals surface area (Å²) in [7, 11) is 0. The summed E-state index contributed by atoms with van der Waals surface area (Å²) in [5.74, 6) is -2.40. The molecule has 2 aliphatic heterocycles. The van der Waals surface area contributed by atoms with E-state index in [2.05, 4.69) is 0 Å². The van der Waals surface area contributed by atoms with Crippen molar-refractivity contribution < 1.29 is 28.8 Å². The molecule has 41 heavy (non-hydrogen) atoms. The highest BCUT2D eigenvalue weighted by molar-refractivity contribution is 6.24. The molecule has 0 aromatic heterocycles. The number of rotatable bonds is 4. The van der Waals surface area contributed by atoms with Gasteiger partial charge in [-0.05, 0) is 70.4 Å².